The van der Waals surface area contributed by atoms with Crippen molar-refractivity contribution in [3.8, 4) is 5.75 Å². The van der Waals surface area contributed by atoms with Crippen molar-refractivity contribution in [3.05, 3.63) is 47.2 Å². The van der Waals surface area contributed by atoms with Gasteiger partial charge in [0.2, 0.25) is 5.91 Å². The van der Waals surface area contributed by atoms with Gasteiger partial charge in [0.05, 0.1) is 5.69 Å². The maximum atomic E-state index is 12.6. The lowest BCUT2D eigenvalue weighted by molar-refractivity contribution is -0.157. The molecule has 1 aromatic rings. The third-order valence-corrected chi connectivity index (χ3v) is 5.28. The summed E-state index contributed by atoms with van der Waals surface area (Å²) in [6.45, 7) is 9.90. The Morgan fingerprint density at radius 1 is 0.951 bits per heavy atom. The summed E-state index contributed by atoms with van der Waals surface area (Å²) >= 11 is 0. The van der Waals surface area contributed by atoms with Crippen LogP contribution in [0, 0.1) is 0 Å². The van der Waals surface area contributed by atoms with E-state index >= 15 is 0 Å². The maximum absolute atomic E-state index is 12.6. The fourth-order valence-electron chi connectivity index (χ4n) is 3.42. The number of nitrogens with two attached hydrogens (primary N) is 1. The third-order valence-electron chi connectivity index (χ3n) is 5.28. The summed E-state index contributed by atoms with van der Waals surface area (Å²) < 4.78 is 15.4. The number of phenolic OH excluding ortho intramolecular Hbond substituents is 1. The molecule has 1 aromatic carbocycles. The van der Waals surface area contributed by atoms with Crippen LogP contribution in [0.4, 0.5) is 10.5 Å². The molecule has 1 aliphatic carbocycles. The minimum absolute atomic E-state index is 0.237. The molecule has 224 valence electrons. The monoisotopic (exact) mass is 574 g/mol. The largest absolute Gasteiger partial charge is 0.507 e. The number of amides is 2. The molecule has 2 rings (SSSR count). The smallest absolute Gasteiger partial charge is 0.408 e. The van der Waals surface area contributed by atoms with Crippen molar-refractivity contribution >= 4 is 35.6 Å². The van der Waals surface area contributed by atoms with Crippen LogP contribution in [-0.2, 0) is 28.6 Å². The van der Waals surface area contributed by atoms with E-state index in [-0.39, 0.29) is 12.0 Å². The van der Waals surface area contributed by atoms with Gasteiger partial charge in [-0.25, -0.2) is 14.4 Å². The summed E-state index contributed by atoms with van der Waals surface area (Å²) in [7, 11) is 0. The molecule has 0 bridgehead atoms. The summed E-state index contributed by atoms with van der Waals surface area (Å²) in [6, 6.07) is 2.76. The molecule has 1 atom stereocenters. The fraction of sp³-hybridized carbons (Fsp3) is 0.464. The van der Waals surface area contributed by atoms with Gasteiger partial charge in [-0.15, -0.1) is 0 Å². The zero-order chi connectivity index (χ0) is 31.0. The normalized spacial score (nSPS) is 14.0. The molecule has 0 aliphatic heterocycles. The van der Waals surface area contributed by atoms with Gasteiger partial charge in [0.1, 0.15) is 28.6 Å². The van der Waals surface area contributed by atoms with E-state index in [2.05, 4.69) is 16.2 Å². The van der Waals surface area contributed by atoms with Crippen LogP contribution in [-0.4, -0.2) is 52.3 Å². The number of hydrogen-bond donors (Lipinski definition) is 5. The van der Waals surface area contributed by atoms with Crippen molar-refractivity contribution in [3.63, 3.8) is 0 Å². The van der Waals surface area contributed by atoms with Crippen molar-refractivity contribution in [2.24, 2.45) is 5.73 Å². The average Bonchev–Trinajstić information content (AvgIpc) is 2.84. The van der Waals surface area contributed by atoms with E-state index in [4.69, 9.17) is 19.9 Å². The van der Waals surface area contributed by atoms with E-state index in [1.54, 1.807) is 53.7 Å². The molecule has 1 unspecified atom stereocenters. The first-order valence-corrected chi connectivity index (χ1v) is 13.0. The number of phenols is 1. The molecule has 0 saturated carbocycles. The standard InChI is InChI=1S/C28H38N4O9/c1-27(2,3)40-25(37)20(30-26(38)41-28(4,5)6)12-14-22(34)39-24(36)19-15-18(11-13-21(19)33)32-31-17-9-7-16(8-10-17)23(29)35/h7,9,11,13,15,20,31-33H,8,10,12,14H2,1-6H3,(H2,29,35)(H,30,38). The van der Waals surface area contributed by atoms with Gasteiger partial charge in [0, 0.05) is 17.7 Å². The maximum Gasteiger partial charge on any atom is 0.408 e. The van der Waals surface area contributed by atoms with Gasteiger partial charge >= 0.3 is 24.0 Å². The molecule has 0 saturated heterocycles. The lowest BCUT2D eigenvalue weighted by Crippen LogP contribution is -2.46. The van der Waals surface area contributed by atoms with Crippen LogP contribution in [0.5, 0.6) is 5.75 Å². The van der Waals surface area contributed by atoms with Gasteiger partial charge in [-0.3, -0.25) is 9.59 Å². The fourth-order valence-corrected chi connectivity index (χ4v) is 3.42. The van der Waals surface area contributed by atoms with E-state index in [1.807, 2.05) is 0 Å². The highest BCUT2D eigenvalue weighted by Gasteiger charge is 2.30. The van der Waals surface area contributed by atoms with Gasteiger partial charge in [-0.1, -0.05) is 6.08 Å². The van der Waals surface area contributed by atoms with Gasteiger partial charge < -0.3 is 41.2 Å². The van der Waals surface area contributed by atoms with Crippen LogP contribution in [0.3, 0.4) is 0 Å². The SMILES string of the molecule is CC(C)(C)OC(=O)NC(CCC(=O)OC(=O)c1cc(NNC2=CC=C(C(N)=O)CC2)ccc1O)C(=O)OC(C)(C)C. The van der Waals surface area contributed by atoms with Crippen LogP contribution >= 0.6 is 0 Å². The summed E-state index contributed by atoms with van der Waals surface area (Å²) in [5, 5.41) is 12.5. The number of primary amides is 1. The molecule has 0 spiro atoms. The lowest BCUT2D eigenvalue weighted by Gasteiger charge is -2.26. The first-order chi connectivity index (χ1) is 18.9. The Morgan fingerprint density at radius 3 is 2.17 bits per heavy atom. The molecule has 13 nitrogen and oxygen atoms in total. The number of ether oxygens (including phenoxy) is 3. The molecular formula is C28H38N4O9. The zero-order valence-corrected chi connectivity index (χ0v) is 24.1. The van der Waals surface area contributed by atoms with Crippen LogP contribution in [0.25, 0.3) is 0 Å². The van der Waals surface area contributed by atoms with E-state index in [9.17, 15) is 29.1 Å². The van der Waals surface area contributed by atoms with Crippen LogP contribution in [0.1, 0.15) is 77.6 Å². The molecule has 0 fully saturated rings. The van der Waals surface area contributed by atoms with Crippen molar-refractivity contribution in [1.82, 2.24) is 10.7 Å². The molecule has 6 N–H and O–H groups in total. The van der Waals surface area contributed by atoms with E-state index in [0.29, 0.717) is 24.1 Å². The Kier molecular flexibility index (Phi) is 10.9. The first-order valence-electron chi connectivity index (χ1n) is 13.0. The predicted molar refractivity (Wildman–Crippen MR) is 148 cm³/mol. The number of carbonyl (C=O) groups is 5. The summed E-state index contributed by atoms with van der Waals surface area (Å²) in [6.07, 6.45) is 2.74. The molecule has 41 heavy (non-hydrogen) atoms. The summed E-state index contributed by atoms with van der Waals surface area (Å²) in [5.41, 5.74) is 10.7. The van der Waals surface area contributed by atoms with Gasteiger partial charge in [0.25, 0.3) is 0 Å². The molecule has 1 aliphatic rings. The number of alkyl carbamates (subject to hydrolysis) is 1. The van der Waals surface area contributed by atoms with E-state index in [0.717, 1.165) is 5.70 Å². The van der Waals surface area contributed by atoms with Crippen molar-refractivity contribution < 1.29 is 43.3 Å². The average molecular weight is 575 g/mol. The molecule has 13 heteroatoms. The predicted octanol–water partition coefficient (Wildman–Crippen LogP) is 3.10. The topological polar surface area (TPSA) is 195 Å². The number of hydrogen-bond acceptors (Lipinski definition) is 11. The molecule has 0 aromatic heterocycles. The van der Waals surface area contributed by atoms with Gasteiger partial charge in [0.15, 0.2) is 0 Å². The Labute approximate surface area is 238 Å². The number of rotatable bonds is 10. The summed E-state index contributed by atoms with van der Waals surface area (Å²) in [5.74, 6) is -3.80. The second-order valence-corrected chi connectivity index (χ2v) is 11.3. The van der Waals surface area contributed by atoms with Crippen LogP contribution in [0.15, 0.2) is 41.6 Å². The third kappa shape index (κ3) is 11.6. The summed E-state index contributed by atoms with van der Waals surface area (Å²) in [4.78, 5) is 61.2. The molecule has 0 radical (unpaired) electrons. The number of nitrogens with one attached hydrogen (secondary N) is 3. The Balaban J connectivity index is 2.01. The van der Waals surface area contributed by atoms with Crippen LogP contribution in [0.2, 0.25) is 0 Å². The van der Waals surface area contributed by atoms with E-state index < -0.39 is 59.3 Å². The zero-order valence-electron chi connectivity index (χ0n) is 24.1. The highest BCUT2D eigenvalue weighted by molar-refractivity contribution is 5.99. The van der Waals surface area contributed by atoms with Gasteiger partial charge in [-0.2, -0.15) is 0 Å². The molecular weight excluding hydrogens is 536 g/mol. The Bertz CT molecular complexity index is 1240. The minimum Gasteiger partial charge on any atom is -0.507 e. The number of aromatic hydroxyl groups is 1. The van der Waals surface area contributed by atoms with E-state index in [1.165, 1.54) is 18.2 Å². The highest BCUT2D eigenvalue weighted by Crippen LogP contribution is 2.23. The molecule has 0 heterocycles. The highest BCUT2D eigenvalue weighted by atomic mass is 16.6. The van der Waals surface area contributed by atoms with Crippen molar-refractivity contribution in [2.75, 3.05) is 5.43 Å². The number of hydrazine groups is 1. The van der Waals surface area contributed by atoms with Crippen molar-refractivity contribution in [1.29, 1.82) is 0 Å². The van der Waals surface area contributed by atoms with Gasteiger partial charge in [-0.05, 0) is 85.1 Å². The quantitative estimate of drug-likeness (QED) is 0.0905. The number of benzene rings is 1. The second-order valence-electron chi connectivity index (χ2n) is 11.3. The number of esters is 3. The number of allylic oxidation sites excluding steroid dienone is 3. The molecule has 2 amide bonds. The Hall–Kier alpha value is -4.55. The van der Waals surface area contributed by atoms with Crippen LogP contribution < -0.4 is 21.9 Å². The minimum atomic E-state index is -1.25. The number of anilines is 1. The second kappa shape index (κ2) is 13.7. The first kappa shape index (κ1) is 32.7. The number of carbonyl (C=O) groups excluding carboxylic acids is 5. The van der Waals surface area contributed by atoms with Crippen molar-refractivity contribution in [2.45, 2.75) is 84.5 Å². The Morgan fingerprint density at radius 2 is 1.61 bits per heavy atom. The lowest BCUT2D eigenvalue weighted by atomic mass is 10.0.